The molecule has 118 valence electrons. The molecule has 0 heterocycles. The molecule has 0 aliphatic heterocycles. The Morgan fingerprint density at radius 1 is 1.29 bits per heavy atom. The molecule has 0 saturated carbocycles. The average molecular weight is 296 g/mol. The number of hydrogen-bond acceptors (Lipinski definition) is 5. The van der Waals surface area contributed by atoms with Gasteiger partial charge in [0.25, 0.3) is 0 Å². The Morgan fingerprint density at radius 2 is 2.05 bits per heavy atom. The summed E-state index contributed by atoms with van der Waals surface area (Å²) in [6, 6.07) is 9.70. The van der Waals surface area contributed by atoms with Crippen LogP contribution in [0.2, 0.25) is 0 Å². The van der Waals surface area contributed by atoms with Crippen LogP contribution in [0.25, 0.3) is 0 Å². The van der Waals surface area contributed by atoms with Gasteiger partial charge in [0.2, 0.25) is 5.91 Å². The maximum absolute atomic E-state index is 11.6. The van der Waals surface area contributed by atoms with Gasteiger partial charge in [-0.1, -0.05) is 30.3 Å². The molecular weight excluding hydrogens is 272 g/mol. The van der Waals surface area contributed by atoms with Crippen LogP contribution in [0.3, 0.4) is 0 Å². The molecule has 1 atom stereocenters. The molecule has 0 spiro atoms. The SMILES string of the molecule is COCCOCC(O)CNCC(=O)NCc1ccccc1. The Labute approximate surface area is 125 Å². The molecule has 0 bridgehead atoms. The highest BCUT2D eigenvalue weighted by Gasteiger charge is 2.06. The van der Waals surface area contributed by atoms with Crippen molar-refractivity contribution in [1.29, 1.82) is 0 Å². The first-order chi connectivity index (χ1) is 10.2. The van der Waals surface area contributed by atoms with E-state index in [-0.39, 0.29) is 19.1 Å². The predicted molar refractivity (Wildman–Crippen MR) is 79.9 cm³/mol. The molecule has 1 unspecified atom stereocenters. The summed E-state index contributed by atoms with van der Waals surface area (Å²) in [7, 11) is 1.59. The molecule has 1 amide bonds. The van der Waals surface area contributed by atoms with Gasteiger partial charge in [-0.3, -0.25) is 4.79 Å². The van der Waals surface area contributed by atoms with E-state index in [0.29, 0.717) is 26.3 Å². The molecule has 1 aromatic carbocycles. The lowest BCUT2D eigenvalue weighted by Gasteiger charge is -2.12. The first-order valence-corrected chi connectivity index (χ1v) is 6.98. The van der Waals surface area contributed by atoms with Crippen LogP contribution in [-0.2, 0) is 20.8 Å². The first kappa shape index (κ1) is 17.6. The third kappa shape index (κ3) is 9.14. The van der Waals surface area contributed by atoms with E-state index >= 15 is 0 Å². The highest BCUT2D eigenvalue weighted by molar-refractivity contribution is 5.77. The Kier molecular flexibility index (Phi) is 9.39. The van der Waals surface area contributed by atoms with E-state index in [4.69, 9.17) is 9.47 Å². The lowest BCUT2D eigenvalue weighted by Crippen LogP contribution is -2.38. The summed E-state index contributed by atoms with van der Waals surface area (Å²) in [5, 5.41) is 15.3. The van der Waals surface area contributed by atoms with E-state index in [2.05, 4.69) is 10.6 Å². The number of aliphatic hydroxyl groups is 1. The number of amides is 1. The van der Waals surface area contributed by atoms with E-state index in [1.54, 1.807) is 7.11 Å². The van der Waals surface area contributed by atoms with Gasteiger partial charge in [-0.15, -0.1) is 0 Å². The molecule has 1 aromatic rings. The van der Waals surface area contributed by atoms with Gasteiger partial charge in [-0.2, -0.15) is 0 Å². The predicted octanol–water partition coefficient (Wildman–Crippen LogP) is -0.0837. The molecule has 21 heavy (non-hydrogen) atoms. The second-order valence-electron chi connectivity index (χ2n) is 4.61. The van der Waals surface area contributed by atoms with Crippen LogP contribution >= 0.6 is 0 Å². The second-order valence-corrected chi connectivity index (χ2v) is 4.61. The summed E-state index contributed by atoms with van der Waals surface area (Å²) in [4.78, 5) is 11.6. The topological polar surface area (TPSA) is 79.8 Å². The van der Waals surface area contributed by atoms with Crippen molar-refractivity contribution in [3.63, 3.8) is 0 Å². The van der Waals surface area contributed by atoms with Crippen molar-refractivity contribution in [3.8, 4) is 0 Å². The minimum atomic E-state index is -0.635. The molecule has 1 rings (SSSR count). The van der Waals surface area contributed by atoms with E-state index < -0.39 is 6.10 Å². The number of benzene rings is 1. The van der Waals surface area contributed by atoms with Crippen molar-refractivity contribution < 1.29 is 19.4 Å². The van der Waals surface area contributed by atoms with Gasteiger partial charge in [0, 0.05) is 20.2 Å². The van der Waals surface area contributed by atoms with Crippen LogP contribution in [0.4, 0.5) is 0 Å². The Bertz CT molecular complexity index is 387. The van der Waals surface area contributed by atoms with Crippen LogP contribution in [0.1, 0.15) is 5.56 Å². The van der Waals surface area contributed by atoms with Crippen LogP contribution in [0.5, 0.6) is 0 Å². The van der Waals surface area contributed by atoms with E-state index in [0.717, 1.165) is 5.56 Å². The maximum atomic E-state index is 11.6. The molecule has 0 saturated heterocycles. The Morgan fingerprint density at radius 3 is 2.76 bits per heavy atom. The molecule has 3 N–H and O–H groups in total. The van der Waals surface area contributed by atoms with Crippen molar-refractivity contribution in [2.45, 2.75) is 12.6 Å². The number of ether oxygens (including phenoxy) is 2. The summed E-state index contributed by atoms with van der Waals surface area (Å²) in [5.74, 6) is -0.105. The maximum Gasteiger partial charge on any atom is 0.234 e. The fourth-order valence-electron chi connectivity index (χ4n) is 1.63. The summed E-state index contributed by atoms with van der Waals surface area (Å²) in [6.45, 7) is 2.16. The lowest BCUT2D eigenvalue weighted by molar-refractivity contribution is -0.120. The van der Waals surface area contributed by atoms with Crippen LogP contribution < -0.4 is 10.6 Å². The van der Waals surface area contributed by atoms with Crippen molar-refractivity contribution in [2.75, 3.05) is 40.0 Å². The van der Waals surface area contributed by atoms with Gasteiger partial charge in [0.1, 0.15) is 0 Å². The highest BCUT2D eigenvalue weighted by atomic mass is 16.5. The van der Waals surface area contributed by atoms with Crippen molar-refractivity contribution in [2.24, 2.45) is 0 Å². The van der Waals surface area contributed by atoms with Gasteiger partial charge in [-0.05, 0) is 5.56 Å². The van der Waals surface area contributed by atoms with Gasteiger partial charge in [0.15, 0.2) is 0 Å². The minimum Gasteiger partial charge on any atom is -0.389 e. The molecular formula is C15H24N2O4. The van der Waals surface area contributed by atoms with Crippen molar-refractivity contribution in [3.05, 3.63) is 35.9 Å². The third-order valence-electron chi connectivity index (χ3n) is 2.74. The number of rotatable bonds is 11. The van der Waals surface area contributed by atoms with Crippen LogP contribution in [0, 0.1) is 0 Å². The molecule has 0 fully saturated rings. The number of methoxy groups -OCH3 is 1. The van der Waals surface area contributed by atoms with Gasteiger partial charge in [-0.25, -0.2) is 0 Å². The molecule has 6 heteroatoms. The lowest BCUT2D eigenvalue weighted by atomic mass is 10.2. The Balaban J connectivity index is 2.02. The fourth-order valence-corrected chi connectivity index (χ4v) is 1.63. The number of hydrogen-bond donors (Lipinski definition) is 3. The summed E-state index contributed by atoms with van der Waals surface area (Å²) < 4.78 is 10.0. The molecule has 6 nitrogen and oxygen atoms in total. The zero-order valence-electron chi connectivity index (χ0n) is 12.4. The second kappa shape index (κ2) is 11.2. The minimum absolute atomic E-state index is 0.105. The van der Waals surface area contributed by atoms with Crippen LogP contribution in [-0.4, -0.2) is 57.1 Å². The number of carbonyl (C=O) groups is 1. The van der Waals surface area contributed by atoms with Crippen molar-refractivity contribution >= 4 is 5.91 Å². The molecule has 0 radical (unpaired) electrons. The number of aliphatic hydroxyl groups excluding tert-OH is 1. The smallest absolute Gasteiger partial charge is 0.234 e. The quantitative estimate of drug-likeness (QED) is 0.498. The van der Waals surface area contributed by atoms with Crippen molar-refractivity contribution in [1.82, 2.24) is 10.6 Å². The standard InChI is InChI=1S/C15H24N2O4/c1-20-7-8-21-12-14(18)10-16-11-15(19)17-9-13-5-3-2-4-6-13/h2-6,14,16,18H,7-12H2,1H3,(H,17,19). The highest BCUT2D eigenvalue weighted by Crippen LogP contribution is 1.96. The summed E-state index contributed by atoms with van der Waals surface area (Å²) in [5.41, 5.74) is 1.05. The summed E-state index contributed by atoms with van der Waals surface area (Å²) >= 11 is 0. The zero-order valence-corrected chi connectivity index (χ0v) is 12.4. The first-order valence-electron chi connectivity index (χ1n) is 6.98. The normalized spacial score (nSPS) is 12.1. The average Bonchev–Trinajstić information content (AvgIpc) is 2.50. The molecule has 0 aliphatic carbocycles. The molecule has 0 aromatic heterocycles. The fraction of sp³-hybridized carbons (Fsp3) is 0.533. The zero-order chi connectivity index (χ0) is 15.3. The van der Waals surface area contributed by atoms with Gasteiger partial charge in [0.05, 0.1) is 32.5 Å². The summed E-state index contributed by atoms with van der Waals surface area (Å²) in [6.07, 6.45) is -0.635. The van der Waals surface area contributed by atoms with Crippen LogP contribution in [0.15, 0.2) is 30.3 Å². The van der Waals surface area contributed by atoms with E-state index in [1.165, 1.54) is 0 Å². The number of nitrogens with one attached hydrogen (secondary N) is 2. The Hall–Kier alpha value is -1.47. The monoisotopic (exact) mass is 296 g/mol. The van der Waals surface area contributed by atoms with E-state index in [9.17, 15) is 9.90 Å². The van der Waals surface area contributed by atoms with E-state index in [1.807, 2.05) is 30.3 Å². The largest absolute Gasteiger partial charge is 0.389 e. The third-order valence-corrected chi connectivity index (χ3v) is 2.74. The molecule has 0 aliphatic rings. The van der Waals surface area contributed by atoms with Gasteiger partial charge >= 0.3 is 0 Å². The number of carbonyl (C=O) groups excluding carboxylic acids is 1. The van der Waals surface area contributed by atoms with Gasteiger partial charge < -0.3 is 25.2 Å².